The van der Waals surface area contributed by atoms with Crippen molar-refractivity contribution in [1.82, 2.24) is 0 Å². The maximum atomic E-state index is 12.3. The topological polar surface area (TPSA) is 64.6 Å². The van der Waals surface area contributed by atoms with E-state index in [4.69, 9.17) is 16.3 Å². The number of methoxy groups -OCH3 is 1. The largest absolute Gasteiger partial charge is 0.496 e. The van der Waals surface area contributed by atoms with Gasteiger partial charge in [-0.3, -0.25) is 9.59 Å². The van der Waals surface area contributed by atoms with Crippen molar-refractivity contribution in [2.45, 2.75) is 20.0 Å². The van der Waals surface area contributed by atoms with Crippen molar-refractivity contribution in [2.24, 2.45) is 0 Å². The van der Waals surface area contributed by atoms with Gasteiger partial charge in [0.25, 0.3) is 0 Å². The monoisotopic (exact) mass is 383 g/mol. The Hall–Kier alpha value is -2.67. The molecule has 2 rings (SSSR count). The summed E-state index contributed by atoms with van der Waals surface area (Å²) in [5, 5.41) is 2.55. The summed E-state index contributed by atoms with van der Waals surface area (Å²) in [5.41, 5.74) is 1.33. The molecule has 2 aromatic rings. The van der Waals surface area contributed by atoms with Crippen LogP contribution in [0, 0.1) is 0 Å². The summed E-state index contributed by atoms with van der Waals surface area (Å²) in [6, 6.07) is 8.76. The summed E-state index contributed by atoms with van der Waals surface area (Å²) in [6.07, 6.45) is -0.0444. The van der Waals surface area contributed by atoms with E-state index >= 15 is 0 Å². The summed E-state index contributed by atoms with van der Waals surface area (Å²) in [7, 11) is 1.46. The fourth-order valence-corrected chi connectivity index (χ4v) is 2.51. The quantitative estimate of drug-likeness (QED) is 0.722. The number of ether oxygens (including phenoxy) is 2. The van der Waals surface area contributed by atoms with Gasteiger partial charge in [-0.2, -0.15) is 8.78 Å². The minimum absolute atomic E-state index is 0.0444. The third-order valence-corrected chi connectivity index (χ3v) is 3.76. The van der Waals surface area contributed by atoms with E-state index in [-0.39, 0.29) is 28.9 Å². The van der Waals surface area contributed by atoms with Gasteiger partial charge >= 0.3 is 6.61 Å². The van der Waals surface area contributed by atoms with Crippen molar-refractivity contribution in [2.75, 3.05) is 12.4 Å². The van der Waals surface area contributed by atoms with Crippen molar-refractivity contribution in [3.8, 4) is 11.5 Å². The second-order valence-electron chi connectivity index (χ2n) is 5.33. The molecule has 26 heavy (non-hydrogen) atoms. The normalized spacial score (nSPS) is 10.5. The number of Topliss-reactive ketones (excluding diaryl/α,β-unsaturated/α-hetero) is 1. The van der Waals surface area contributed by atoms with E-state index in [2.05, 4.69) is 10.1 Å². The van der Waals surface area contributed by atoms with Gasteiger partial charge in [-0.05, 0) is 43.3 Å². The predicted molar refractivity (Wildman–Crippen MR) is 93.4 cm³/mol. The second-order valence-corrected chi connectivity index (χ2v) is 5.74. The van der Waals surface area contributed by atoms with Crippen LogP contribution in [0.2, 0.25) is 5.02 Å². The molecule has 5 nitrogen and oxygen atoms in total. The van der Waals surface area contributed by atoms with Gasteiger partial charge in [-0.1, -0.05) is 11.6 Å². The molecule has 0 aliphatic heterocycles. The number of benzene rings is 2. The highest BCUT2D eigenvalue weighted by Gasteiger charge is 2.13. The van der Waals surface area contributed by atoms with Crippen LogP contribution < -0.4 is 14.8 Å². The van der Waals surface area contributed by atoms with Crippen molar-refractivity contribution >= 4 is 29.0 Å². The highest BCUT2D eigenvalue weighted by Crippen LogP contribution is 2.29. The Morgan fingerprint density at radius 1 is 1.15 bits per heavy atom. The number of anilines is 1. The maximum absolute atomic E-state index is 12.3. The molecule has 0 bridgehead atoms. The Bertz CT molecular complexity index is 827. The summed E-state index contributed by atoms with van der Waals surface area (Å²) in [4.78, 5) is 23.8. The van der Waals surface area contributed by atoms with Crippen molar-refractivity contribution in [1.29, 1.82) is 0 Å². The molecule has 0 aliphatic carbocycles. The molecular weight excluding hydrogens is 368 g/mol. The molecule has 1 amide bonds. The molecule has 8 heteroatoms. The molecule has 0 unspecified atom stereocenters. The number of amides is 1. The first kappa shape index (κ1) is 19.7. The van der Waals surface area contributed by atoms with E-state index < -0.39 is 6.61 Å². The van der Waals surface area contributed by atoms with Gasteiger partial charge in [0.1, 0.15) is 11.5 Å². The highest BCUT2D eigenvalue weighted by atomic mass is 35.5. The smallest absolute Gasteiger partial charge is 0.387 e. The van der Waals surface area contributed by atoms with Crippen LogP contribution in [0.25, 0.3) is 0 Å². The number of halogens is 3. The fourth-order valence-electron chi connectivity index (χ4n) is 2.28. The molecule has 0 atom stereocenters. The molecular formula is C18H16ClF2NO4. The lowest BCUT2D eigenvalue weighted by molar-refractivity contribution is -0.115. The number of carbonyl (C=O) groups excluding carboxylic acids is 2. The summed E-state index contributed by atoms with van der Waals surface area (Å²) >= 11 is 5.85. The molecule has 0 radical (unpaired) electrons. The molecule has 1 N–H and O–H groups in total. The van der Waals surface area contributed by atoms with E-state index in [1.807, 2.05) is 0 Å². The predicted octanol–water partition coefficient (Wildman–Crippen LogP) is 4.33. The van der Waals surface area contributed by atoms with Gasteiger partial charge in [-0.25, -0.2) is 0 Å². The van der Waals surface area contributed by atoms with Gasteiger partial charge in [0.15, 0.2) is 5.78 Å². The molecule has 0 spiro atoms. The van der Waals surface area contributed by atoms with Crippen LogP contribution >= 0.6 is 11.6 Å². The summed E-state index contributed by atoms with van der Waals surface area (Å²) in [6.45, 7) is -1.56. The molecule has 0 fully saturated rings. The number of rotatable bonds is 7. The number of alkyl halides is 2. The molecule has 2 aromatic carbocycles. The van der Waals surface area contributed by atoms with Crippen molar-refractivity contribution in [3.63, 3.8) is 0 Å². The zero-order valence-corrected chi connectivity index (χ0v) is 14.8. The van der Waals surface area contributed by atoms with Gasteiger partial charge in [0.05, 0.1) is 18.6 Å². The van der Waals surface area contributed by atoms with E-state index in [1.165, 1.54) is 32.2 Å². The van der Waals surface area contributed by atoms with Crippen molar-refractivity contribution < 1.29 is 27.8 Å². The number of hydrogen-bond acceptors (Lipinski definition) is 4. The van der Waals surface area contributed by atoms with Gasteiger partial charge < -0.3 is 14.8 Å². The average Bonchev–Trinajstić information content (AvgIpc) is 2.56. The van der Waals surface area contributed by atoms with Crippen LogP contribution in [0.1, 0.15) is 22.8 Å². The highest BCUT2D eigenvalue weighted by molar-refractivity contribution is 6.32. The van der Waals surface area contributed by atoms with Crippen LogP contribution in [0.3, 0.4) is 0 Å². The Morgan fingerprint density at radius 2 is 1.85 bits per heavy atom. The Morgan fingerprint density at radius 3 is 2.42 bits per heavy atom. The first-order valence-corrected chi connectivity index (χ1v) is 7.90. The Balaban J connectivity index is 2.12. The number of hydrogen-bond donors (Lipinski definition) is 1. The standard InChI is InChI=1S/C18H16ClF2NO4/c1-10(23)11-3-5-15(25-2)12(7-11)8-17(24)22-13-4-6-16(14(19)9-13)26-18(20)21/h3-7,9,18H,8H2,1-2H3,(H,22,24). The van der Waals surface area contributed by atoms with Crippen LogP contribution in [0.5, 0.6) is 11.5 Å². The second kappa shape index (κ2) is 8.62. The Kier molecular flexibility index (Phi) is 6.52. The van der Waals surface area contributed by atoms with Crippen LogP contribution in [0.15, 0.2) is 36.4 Å². The van der Waals surface area contributed by atoms with Crippen LogP contribution in [-0.4, -0.2) is 25.4 Å². The molecule has 138 valence electrons. The zero-order chi connectivity index (χ0) is 19.3. The first-order valence-electron chi connectivity index (χ1n) is 7.52. The minimum atomic E-state index is -2.99. The maximum Gasteiger partial charge on any atom is 0.387 e. The fraction of sp³-hybridized carbons (Fsp3) is 0.222. The summed E-state index contributed by atoms with van der Waals surface area (Å²) in [5.74, 6) is -0.224. The van der Waals surface area contributed by atoms with Crippen LogP contribution in [-0.2, 0) is 11.2 Å². The Labute approximate surface area is 153 Å². The summed E-state index contributed by atoms with van der Waals surface area (Å²) < 4.78 is 33.9. The van der Waals surface area contributed by atoms with Crippen LogP contribution in [0.4, 0.5) is 14.5 Å². The lowest BCUT2D eigenvalue weighted by Gasteiger charge is -2.12. The van der Waals surface area contributed by atoms with E-state index in [0.29, 0.717) is 22.6 Å². The van der Waals surface area contributed by atoms with Gasteiger partial charge in [-0.15, -0.1) is 0 Å². The number of ketones is 1. The average molecular weight is 384 g/mol. The molecule has 0 heterocycles. The first-order chi connectivity index (χ1) is 12.3. The van der Waals surface area contributed by atoms with E-state index in [9.17, 15) is 18.4 Å². The number of nitrogens with one attached hydrogen (secondary N) is 1. The molecule has 0 saturated carbocycles. The zero-order valence-electron chi connectivity index (χ0n) is 14.0. The number of carbonyl (C=O) groups is 2. The lowest BCUT2D eigenvalue weighted by Crippen LogP contribution is -2.15. The molecule has 0 aliphatic rings. The third kappa shape index (κ3) is 5.16. The molecule has 0 aromatic heterocycles. The third-order valence-electron chi connectivity index (χ3n) is 3.47. The SMILES string of the molecule is COc1ccc(C(C)=O)cc1CC(=O)Nc1ccc(OC(F)F)c(Cl)c1. The van der Waals surface area contributed by atoms with E-state index in [1.54, 1.807) is 18.2 Å². The minimum Gasteiger partial charge on any atom is -0.496 e. The van der Waals surface area contributed by atoms with Crippen molar-refractivity contribution in [3.05, 3.63) is 52.5 Å². The van der Waals surface area contributed by atoms with Gasteiger partial charge in [0.2, 0.25) is 5.91 Å². The molecule has 0 saturated heterocycles. The van der Waals surface area contributed by atoms with E-state index in [0.717, 1.165) is 0 Å². The van der Waals surface area contributed by atoms with Gasteiger partial charge in [0, 0.05) is 16.8 Å². The lowest BCUT2D eigenvalue weighted by atomic mass is 10.0.